The van der Waals surface area contributed by atoms with Crippen molar-refractivity contribution in [1.29, 1.82) is 0 Å². The van der Waals surface area contributed by atoms with Crippen molar-refractivity contribution in [2.75, 3.05) is 20.3 Å². The molecule has 0 saturated carbocycles. The maximum atomic E-state index is 13.6. The van der Waals surface area contributed by atoms with Crippen molar-refractivity contribution in [3.05, 3.63) is 78.2 Å². The first-order valence-corrected chi connectivity index (χ1v) is 9.57. The van der Waals surface area contributed by atoms with Crippen LogP contribution in [0.2, 0.25) is 0 Å². The lowest BCUT2D eigenvalue weighted by molar-refractivity contribution is 0.0699. The number of pyridine rings is 2. The summed E-state index contributed by atoms with van der Waals surface area (Å²) in [7, 11) is 1.62. The maximum Gasteiger partial charge on any atom is 0.336 e. The molecular formula is C24H19FN2O4. The summed E-state index contributed by atoms with van der Waals surface area (Å²) in [4.78, 5) is 20.6. The minimum atomic E-state index is -1.15. The molecule has 0 aliphatic carbocycles. The number of hydrogen-bond acceptors (Lipinski definition) is 5. The van der Waals surface area contributed by atoms with Crippen LogP contribution in [0.4, 0.5) is 4.39 Å². The van der Waals surface area contributed by atoms with Gasteiger partial charge in [-0.2, -0.15) is 0 Å². The van der Waals surface area contributed by atoms with E-state index in [4.69, 9.17) is 9.47 Å². The lowest BCUT2D eigenvalue weighted by Gasteiger charge is -2.09. The molecule has 4 aromatic rings. The van der Waals surface area contributed by atoms with Gasteiger partial charge in [-0.3, -0.25) is 4.98 Å². The van der Waals surface area contributed by atoms with Crippen LogP contribution in [0.5, 0.6) is 5.75 Å². The van der Waals surface area contributed by atoms with Crippen LogP contribution in [0.25, 0.3) is 33.4 Å². The van der Waals surface area contributed by atoms with Crippen LogP contribution in [0.15, 0.2) is 66.9 Å². The van der Waals surface area contributed by atoms with Crippen molar-refractivity contribution in [3.8, 4) is 28.3 Å². The minimum absolute atomic E-state index is 0.0190. The molecular weight excluding hydrogens is 399 g/mol. The van der Waals surface area contributed by atoms with Crippen molar-refractivity contribution in [3.63, 3.8) is 0 Å². The Hall–Kier alpha value is -3.84. The molecule has 0 aliphatic heterocycles. The summed E-state index contributed by atoms with van der Waals surface area (Å²) in [5.41, 5.74) is 3.17. The van der Waals surface area contributed by atoms with Crippen LogP contribution in [-0.4, -0.2) is 41.4 Å². The molecule has 6 nitrogen and oxygen atoms in total. The number of aromatic nitrogens is 2. The molecule has 0 saturated heterocycles. The van der Waals surface area contributed by atoms with Gasteiger partial charge in [0.2, 0.25) is 0 Å². The molecule has 156 valence electrons. The van der Waals surface area contributed by atoms with Crippen molar-refractivity contribution in [1.82, 2.24) is 9.97 Å². The Morgan fingerprint density at radius 2 is 1.74 bits per heavy atom. The Bertz CT molecular complexity index is 1230. The van der Waals surface area contributed by atoms with E-state index in [1.165, 1.54) is 24.3 Å². The highest BCUT2D eigenvalue weighted by Crippen LogP contribution is 2.27. The SMILES string of the molecule is COCCOc1ccc(-c2ccc(-c3cc(C(=O)O)c4cc(F)ccc4n3)nc2)cc1. The predicted molar refractivity (Wildman–Crippen MR) is 115 cm³/mol. The minimum Gasteiger partial charge on any atom is -0.491 e. The highest BCUT2D eigenvalue weighted by Gasteiger charge is 2.14. The summed E-state index contributed by atoms with van der Waals surface area (Å²) < 4.78 is 24.1. The number of carbonyl (C=O) groups is 1. The molecule has 0 radical (unpaired) electrons. The van der Waals surface area contributed by atoms with Gasteiger partial charge in [0.05, 0.1) is 29.1 Å². The van der Waals surface area contributed by atoms with Crippen molar-refractivity contribution >= 4 is 16.9 Å². The number of methoxy groups -OCH3 is 1. The number of aromatic carboxylic acids is 1. The fraction of sp³-hybridized carbons (Fsp3) is 0.125. The zero-order valence-corrected chi connectivity index (χ0v) is 16.7. The zero-order valence-electron chi connectivity index (χ0n) is 16.7. The number of halogens is 1. The number of carboxylic acid groups (broad SMARTS) is 1. The van der Waals surface area contributed by atoms with Gasteiger partial charge in [-0.15, -0.1) is 0 Å². The molecule has 0 bridgehead atoms. The monoisotopic (exact) mass is 418 g/mol. The summed E-state index contributed by atoms with van der Waals surface area (Å²) in [5.74, 6) is -0.908. The second-order valence-electron chi connectivity index (χ2n) is 6.82. The number of rotatable bonds is 7. The Labute approximate surface area is 177 Å². The first kappa shape index (κ1) is 20.4. The Kier molecular flexibility index (Phi) is 5.86. The number of carboxylic acids is 1. The number of hydrogen-bond donors (Lipinski definition) is 1. The molecule has 1 N–H and O–H groups in total. The summed E-state index contributed by atoms with van der Waals surface area (Å²) in [6.07, 6.45) is 1.70. The molecule has 0 spiro atoms. The molecule has 31 heavy (non-hydrogen) atoms. The van der Waals surface area contributed by atoms with Crippen LogP contribution in [0.1, 0.15) is 10.4 Å². The van der Waals surface area contributed by atoms with Gasteiger partial charge in [-0.1, -0.05) is 18.2 Å². The van der Waals surface area contributed by atoms with Gasteiger partial charge < -0.3 is 14.6 Å². The third kappa shape index (κ3) is 4.51. The quantitative estimate of drug-likeness (QED) is 0.433. The highest BCUT2D eigenvalue weighted by molar-refractivity contribution is 6.03. The largest absolute Gasteiger partial charge is 0.491 e. The molecule has 7 heteroatoms. The van der Waals surface area contributed by atoms with Crippen LogP contribution in [0.3, 0.4) is 0 Å². The fourth-order valence-electron chi connectivity index (χ4n) is 3.21. The summed E-state index contributed by atoms with van der Waals surface area (Å²) >= 11 is 0. The molecule has 4 rings (SSSR count). The van der Waals surface area contributed by atoms with E-state index in [-0.39, 0.29) is 10.9 Å². The Balaban J connectivity index is 1.61. The number of nitrogens with zero attached hydrogens (tertiary/aromatic N) is 2. The number of benzene rings is 2. The molecule has 0 amide bonds. The average molecular weight is 418 g/mol. The smallest absolute Gasteiger partial charge is 0.336 e. The molecule has 2 aromatic heterocycles. The molecule has 2 heterocycles. The van der Waals surface area contributed by atoms with Crippen molar-refractivity contribution in [2.24, 2.45) is 0 Å². The van der Waals surface area contributed by atoms with E-state index in [9.17, 15) is 14.3 Å². The summed E-state index contributed by atoms with van der Waals surface area (Å²) in [6.45, 7) is 1.00. The topological polar surface area (TPSA) is 81.5 Å². The number of ether oxygens (including phenoxy) is 2. The van der Waals surface area contributed by atoms with E-state index in [0.717, 1.165) is 16.9 Å². The van der Waals surface area contributed by atoms with Gasteiger partial charge in [0.1, 0.15) is 18.2 Å². The van der Waals surface area contributed by atoms with E-state index in [2.05, 4.69) is 9.97 Å². The van der Waals surface area contributed by atoms with Crippen molar-refractivity contribution < 1.29 is 23.8 Å². The van der Waals surface area contributed by atoms with Crippen LogP contribution >= 0.6 is 0 Å². The molecule has 0 fully saturated rings. The fourth-order valence-corrected chi connectivity index (χ4v) is 3.21. The molecule has 0 atom stereocenters. The van der Waals surface area contributed by atoms with Crippen LogP contribution in [0, 0.1) is 5.82 Å². The highest BCUT2D eigenvalue weighted by atomic mass is 19.1. The van der Waals surface area contributed by atoms with Crippen LogP contribution in [-0.2, 0) is 4.74 Å². The maximum absolute atomic E-state index is 13.6. The Morgan fingerprint density at radius 1 is 0.968 bits per heavy atom. The Morgan fingerprint density at radius 3 is 2.42 bits per heavy atom. The summed E-state index contributed by atoms with van der Waals surface area (Å²) in [5, 5.41) is 9.79. The third-order valence-electron chi connectivity index (χ3n) is 4.77. The molecule has 0 unspecified atom stereocenters. The second kappa shape index (κ2) is 8.89. The van der Waals surface area contributed by atoms with E-state index in [1.54, 1.807) is 19.4 Å². The van der Waals surface area contributed by atoms with Gasteiger partial charge in [0.15, 0.2) is 0 Å². The van der Waals surface area contributed by atoms with Gasteiger partial charge in [0.25, 0.3) is 0 Å². The second-order valence-corrected chi connectivity index (χ2v) is 6.82. The third-order valence-corrected chi connectivity index (χ3v) is 4.77. The van der Waals surface area contributed by atoms with E-state index >= 15 is 0 Å². The molecule has 0 aliphatic rings. The van der Waals surface area contributed by atoms with E-state index in [1.807, 2.05) is 30.3 Å². The van der Waals surface area contributed by atoms with Gasteiger partial charge >= 0.3 is 5.97 Å². The lowest BCUT2D eigenvalue weighted by atomic mass is 10.0. The van der Waals surface area contributed by atoms with Crippen LogP contribution < -0.4 is 4.74 Å². The first-order valence-electron chi connectivity index (χ1n) is 9.57. The van der Waals surface area contributed by atoms with E-state index < -0.39 is 11.8 Å². The standard InChI is InChI=1S/C24H19FN2O4/c1-30-10-11-31-18-6-2-15(3-7-18)16-4-8-22(26-14-16)23-13-20(24(28)29)19-12-17(25)5-9-21(19)27-23/h2-9,12-14H,10-11H2,1H3,(H,28,29). The van der Waals surface area contributed by atoms with Crippen molar-refractivity contribution in [2.45, 2.75) is 0 Å². The van der Waals surface area contributed by atoms with Gasteiger partial charge in [-0.25, -0.2) is 14.2 Å². The van der Waals surface area contributed by atoms with E-state index in [0.29, 0.717) is 30.1 Å². The van der Waals surface area contributed by atoms with Gasteiger partial charge in [0, 0.05) is 24.3 Å². The average Bonchev–Trinajstić information content (AvgIpc) is 2.79. The molecule has 2 aromatic carbocycles. The first-order chi connectivity index (χ1) is 15.0. The zero-order chi connectivity index (χ0) is 21.8. The number of fused-ring (bicyclic) bond motifs is 1. The normalized spacial score (nSPS) is 10.9. The van der Waals surface area contributed by atoms with Gasteiger partial charge in [-0.05, 0) is 48.0 Å². The lowest BCUT2D eigenvalue weighted by Crippen LogP contribution is -2.03. The predicted octanol–water partition coefficient (Wildman–Crippen LogP) is 4.83. The summed E-state index contributed by atoms with van der Waals surface area (Å²) in [6, 6.07) is 16.6.